The average Bonchev–Trinajstić information content (AvgIpc) is 2.42. The smallest absolute Gasteiger partial charge is 0.122 e. The van der Waals surface area contributed by atoms with Crippen LogP contribution in [0.5, 0.6) is 5.75 Å². The first-order chi connectivity index (χ1) is 9.58. The highest BCUT2D eigenvalue weighted by atomic mass is 35.5. The normalized spacial score (nSPS) is 16.6. The average molecular weight is 296 g/mol. The Bertz CT molecular complexity index is 439. The number of rotatable bonds is 5. The van der Waals surface area contributed by atoms with Crippen LogP contribution in [0, 0.1) is 12.8 Å². The van der Waals surface area contributed by atoms with E-state index in [0.717, 1.165) is 48.4 Å². The highest BCUT2D eigenvalue weighted by Crippen LogP contribution is 2.31. The van der Waals surface area contributed by atoms with Gasteiger partial charge in [0.2, 0.25) is 0 Å². The van der Waals surface area contributed by atoms with E-state index in [-0.39, 0.29) is 0 Å². The molecule has 0 spiro atoms. The van der Waals surface area contributed by atoms with E-state index in [9.17, 15) is 0 Å². The Morgan fingerprint density at radius 1 is 1.30 bits per heavy atom. The SMILES string of the molecule is Cc1cc(Cl)c(C(C)C)cc1OCCC1CCNCC1. The molecule has 0 aromatic heterocycles. The molecule has 0 atom stereocenters. The van der Waals surface area contributed by atoms with Crippen LogP contribution in [0.15, 0.2) is 12.1 Å². The summed E-state index contributed by atoms with van der Waals surface area (Å²) in [5.41, 5.74) is 2.30. The number of benzene rings is 1. The van der Waals surface area contributed by atoms with Crippen molar-refractivity contribution in [2.24, 2.45) is 5.92 Å². The van der Waals surface area contributed by atoms with Gasteiger partial charge in [0.25, 0.3) is 0 Å². The monoisotopic (exact) mass is 295 g/mol. The van der Waals surface area contributed by atoms with E-state index >= 15 is 0 Å². The van der Waals surface area contributed by atoms with E-state index in [4.69, 9.17) is 16.3 Å². The third-order valence-electron chi connectivity index (χ3n) is 4.16. The number of piperidine rings is 1. The molecule has 1 aromatic carbocycles. The second-order valence-electron chi connectivity index (χ2n) is 6.12. The first-order valence-electron chi connectivity index (χ1n) is 7.71. The summed E-state index contributed by atoms with van der Waals surface area (Å²) in [7, 11) is 0. The lowest BCUT2D eigenvalue weighted by Crippen LogP contribution is -2.28. The first kappa shape index (κ1) is 15.7. The summed E-state index contributed by atoms with van der Waals surface area (Å²) >= 11 is 6.29. The van der Waals surface area contributed by atoms with Gasteiger partial charge in [0, 0.05) is 5.02 Å². The number of ether oxygens (including phenoxy) is 1. The zero-order valence-corrected chi connectivity index (χ0v) is 13.6. The van der Waals surface area contributed by atoms with Crippen LogP contribution in [0.2, 0.25) is 5.02 Å². The van der Waals surface area contributed by atoms with Crippen LogP contribution < -0.4 is 10.1 Å². The van der Waals surface area contributed by atoms with Gasteiger partial charge < -0.3 is 10.1 Å². The topological polar surface area (TPSA) is 21.3 Å². The number of hydrogen-bond acceptors (Lipinski definition) is 2. The van der Waals surface area contributed by atoms with Crippen LogP contribution in [0.1, 0.15) is 50.2 Å². The minimum atomic E-state index is 0.426. The molecule has 0 saturated carbocycles. The number of halogens is 1. The molecule has 1 aliphatic rings. The molecule has 1 aromatic rings. The van der Waals surface area contributed by atoms with Gasteiger partial charge in [-0.3, -0.25) is 0 Å². The Kier molecular flexibility index (Phi) is 5.74. The predicted octanol–water partition coefficient (Wildman–Crippen LogP) is 4.54. The van der Waals surface area contributed by atoms with Gasteiger partial charge in [0.15, 0.2) is 0 Å². The molecule has 0 unspecified atom stereocenters. The maximum absolute atomic E-state index is 6.29. The molecular weight excluding hydrogens is 270 g/mol. The molecule has 1 heterocycles. The van der Waals surface area contributed by atoms with E-state index < -0.39 is 0 Å². The van der Waals surface area contributed by atoms with Crippen LogP contribution in [-0.2, 0) is 0 Å². The lowest BCUT2D eigenvalue weighted by molar-refractivity contribution is 0.250. The van der Waals surface area contributed by atoms with Gasteiger partial charge in [-0.05, 0) is 74.4 Å². The van der Waals surface area contributed by atoms with E-state index in [2.05, 4.69) is 32.2 Å². The Morgan fingerprint density at radius 3 is 2.65 bits per heavy atom. The second kappa shape index (κ2) is 7.33. The fraction of sp³-hybridized carbons (Fsp3) is 0.647. The van der Waals surface area contributed by atoms with Gasteiger partial charge in [0.1, 0.15) is 5.75 Å². The minimum Gasteiger partial charge on any atom is -0.493 e. The third kappa shape index (κ3) is 4.13. The molecule has 3 heteroatoms. The molecule has 0 radical (unpaired) electrons. The third-order valence-corrected chi connectivity index (χ3v) is 4.49. The van der Waals surface area contributed by atoms with Crippen molar-refractivity contribution in [2.75, 3.05) is 19.7 Å². The van der Waals surface area contributed by atoms with Crippen molar-refractivity contribution < 1.29 is 4.74 Å². The van der Waals surface area contributed by atoms with Crippen molar-refractivity contribution in [1.29, 1.82) is 0 Å². The molecule has 112 valence electrons. The van der Waals surface area contributed by atoms with Crippen LogP contribution in [-0.4, -0.2) is 19.7 Å². The number of aryl methyl sites for hydroxylation is 1. The lowest BCUT2D eigenvalue weighted by Gasteiger charge is -2.23. The van der Waals surface area contributed by atoms with Crippen LogP contribution >= 0.6 is 11.6 Å². The van der Waals surface area contributed by atoms with Crippen molar-refractivity contribution in [2.45, 2.75) is 46.0 Å². The first-order valence-corrected chi connectivity index (χ1v) is 8.09. The quantitative estimate of drug-likeness (QED) is 0.861. The van der Waals surface area contributed by atoms with E-state index in [1.807, 2.05) is 6.07 Å². The maximum Gasteiger partial charge on any atom is 0.122 e. The summed E-state index contributed by atoms with van der Waals surface area (Å²) in [6.45, 7) is 9.51. The summed E-state index contributed by atoms with van der Waals surface area (Å²) in [5.74, 6) is 2.23. The standard InChI is InChI=1S/C17H26ClNO/c1-12(2)15-11-17(13(3)10-16(15)18)20-9-6-14-4-7-19-8-5-14/h10-12,14,19H,4-9H2,1-3H3. The molecular formula is C17H26ClNO. The van der Waals surface area contributed by atoms with E-state index in [1.165, 1.54) is 18.4 Å². The number of nitrogens with one attached hydrogen (secondary N) is 1. The molecule has 2 nitrogen and oxygen atoms in total. The van der Waals surface area contributed by atoms with Crippen molar-refractivity contribution in [3.05, 3.63) is 28.3 Å². The predicted molar refractivity (Wildman–Crippen MR) is 86.0 cm³/mol. The van der Waals surface area contributed by atoms with E-state index in [0.29, 0.717) is 5.92 Å². The molecule has 1 fully saturated rings. The molecule has 1 saturated heterocycles. The zero-order chi connectivity index (χ0) is 14.5. The summed E-state index contributed by atoms with van der Waals surface area (Å²) in [5, 5.41) is 4.25. The molecule has 0 aliphatic carbocycles. The fourth-order valence-corrected chi connectivity index (χ4v) is 3.21. The molecule has 2 rings (SSSR count). The van der Waals surface area contributed by atoms with Gasteiger partial charge >= 0.3 is 0 Å². The summed E-state index contributed by atoms with van der Waals surface area (Å²) < 4.78 is 6.01. The Hall–Kier alpha value is -0.730. The second-order valence-corrected chi connectivity index (χ2v) is 6.53. The van der Waals surface area contributed by atoms with Gasteiger partial charge in [-0.15, -0.1) is 0 Å². The van der Waals surface area contributed by atoms with Crippen LogP contribution in [0.3, 0.4) is 0 Å². The van der Waals surface area contributed by atoms with Gasteiger partial charge in [-0.25, -0.2) is 0 Å². The molecule has 0 amide bonds. The molecule has 1 aliphatic heterocycles. The zero-order valence-electron chi connectivity index (χ0n) is 12.8. The van der Waals surface area contributed by atoms with Gasteiger partial charge in [-0.1, -0.05) is 25.4 Å². The molecule has 20 heavy (non-hydrogen) atoms. The van der Waals surface area contributed by atoms with Crippen molar-refractivity contribution >= 4 is 11.6 Å². The molecule has 1 N–H and O–H groups in total. The van der Waals surface area contributed by atoms with Gasteiger partial charge in [0.05, 0.1) is 6.61 Å². The molecule has 0 bridgehead atoms. The Balaban J connectivity index is 1.93. The summed E-state index contributed by atoms with van der Waals surface area (Å²) in [6, 6.07) is 4.14. The van der Waals surface area contributed by atoms with E-state index in [1.54, 1.807) is 0 Å². The van der Waals surface area contributed by atoms with Crippen molar-refractivity contribution in [3.63, 3.8) is 0 Å². The summed E-state index contributed by atoms with van der Waals surface area (Å²) in [6.07, 6.45) is 3.71. The fourth-order valence-electron chi connectivity index (χ4n) is 2.77. The Morgan fingerprint density at radius 2 is 2.00 bits per heavy atom. The highest BCUT2D eigenvalue weighted by molar-refractivity contribution is 6.31. The highest BCUT2D eigenvalue weighted by Gasteiger charge is 2.14. The van der Waals surface area contributed by atoms with Crippen molar-refractivity contribution in [3.8, 4) is 5.75 Å². The Labute approximate surface area is 127 Å². The van der Waals surface area contributed by atoms with Gasteiger partial charge in [-0.2, -0.15) is 0 Å². The lowest BCUT2D eigenvalue weighted by atomic mass is 9.95. The van der Waals surface area contributed by atoms with Crippen molar-refractivity contribution in [1.82, 2.24) is 5.32 Å². The minimum absolute atomic E-state index is 0.426. The van der Waals surface area contributed by atoms with Crippen LogP contribution in [0.25, 0.3) is 0 Å². The summed E-state index contributed by atoms with van der Waals surface area (Å²) in [4.78, 5) is 0. The maximum atomic E-state index is 6.29. The number of hydrogen-bond donors (Lipinski definition) is 1. The van der Waals surface area contributed by atoms with Crippen LogP contribution in [0.4, 0.5) is 0 Å². The largest absolute Gasteiger partial charge is 0.493 e.